The van der Waals surface area contributed by atoms with Crippen molar-refractivity contribution in [3.05, 3.63) is 41.8 Å². The largest absolute Gasteiger partial charge is 0.494 e. The highest BCUT2D eigenvalue weighted by atomic mass is 32.5. The summed E-state index contributed by atoms with van der Waals surface area (Å²) >= 11 is 0. The van der Waals surface area contributed by atoms with Crippen molar-refractivity contribution in [2.45, 2.75) is 32.2 Å². The Balaban J connectivity index is 2.08. The van der Waals surface area contributed by atoms with Crippen LogP contribution in [0.15, 0.2) is 35.4 Å². The Morgan fingerprint density at radius 3 is 2.14 bits per heavy atom. The highest BCUT2D eigenvalue weighted by molar-refractivity contribution is 8.45. The van der Waals surface area contributed by atoms with Crippen LogP contribution >= 0.6 is 10.2 Å². The zero-order valence-electron chi connectivity index (χ0n) is 19.0. The normalized spacial score (nSPS) is 13.9. The van der Waals surface area contributed by atoms with Gasteiger partial charge in [-0.3, -0.25) is 4.79 Å². The Bertz CT molecular complexity index is 1290. The number of carbonyl (C=O) groups is 1. The lowest BCUT2D eigenvalue weighted by atomic mass is 10.1. The molecule has 0 aliphatic heterocycles. The van der Waals surface area contributed by atoms with Crippen molar-refractivity contribution < 1.29 is 42.8 Å². The molecule has 1 aromatic heterocycles. The molecule has 0 fully saturated rings. The molecule has 0 spiro atoms. The topological polar surface area (TPSA) is 75.7 Å². The fourth-order valence-corrected chi connectivity index (χ4v) is 4.18. The first kappa shape index (κ1) is 26.4. The van der Waals surface area contributed by atoms with E-state index in [9.17, 15) is 24.2 Å². The van der Waals surface area contributed by atoms with Gasteiger partial charge >= 0.3 is 10.2 Å². The third kappa shape index (κ3) is 5.55. The second-order valence-electron chi connectivity index (χ2n) is 7.51. The number of benzene rings is 2. The molecule has 2 aromatic carbocycles. The lowest BCUT2D eigenvalue weighted by Crippen LogP contribution is -2.14. The summed E-state index contributed by atoms with van der Waals surface area (Å²) in [5, 5.41) is 0.163. The van der Waals surface area contributed by atoms with E-state index in [4.69, 9.17) is 19.9 Å². The minimum absolute atomic E-state index is 0.0762. The Morgan fingerprint density at radius 2 is 1.57 bits per heavy atom. The Kier molecular flexibility index (Phi) is 6.38. The minimum atomic E-state index is -10.1. The fourth-order valence-electron chi connectivity index (χ4n) is 3.49. The molecule has 35 heavy (non-hydrogen) atoms. The van der Waals surface area contributed by atoms with Crippen molar-refractivity contribution in [3.8, 4) is 17.2 Å². The number of rotatable bonds is 10. The zero-order chi connectivity index (χ0) is 26.2. The van der Waals surface area contributed by atoms with E-state index in [1.54, 1.807) is 13.8 Å². The molecule has 194 valence electrons. The number of ketones is 1. The van der Waals surface area contributed by atoms with Crippen LogP contribution in [0.3, 0.4) is 0 Å². The van der Waals surface area contributed by atoms with E-state index < -0.39 is 44.6 Å². The van der Waals surface area contributed by atoms with Crippen molar-refractivity contribution in [1.29, 1.82) is 0 Å². The Hall–Kier alpha value is -3.22. The summed E-state index contributed by atoms with van der Waals surface area (Å²) in [5.74, 6) is -2.63. The number of ether oxygens (including phenoxy) is 3. The van der Waals surface area contributed by atoms with Crippen LogP contribution in [0.25, 0.3) is 10.8 Å². The predicted octanol–water partition coefficient (Wildman–Crippen LogP) is 7.10. The van der Waals surface area contributed by atoms with E-state index in [-0.39, 0.29) is 60.0 Å². The van der Waals surface area contributed by atoms with Crippen molar-refractivity contribution in [1.82, 2.24) is 4.57 Å². The van der Waals surface area contributed by atoms with Crippen LogP contribution in [-0.2, 0) is 6.54 Å². The van der Waals surface area contributed by atoms with Crippen LogP contribution in [0.1, 0.15) is 31.1 Å². The van der Waals surface area contributed by atoms with E-state index in [2.05, 4.69) is 0 Å². The Morgan fingerprint density at radius 1 is 0.943 bits per heavy atom. The summed E-state index contributed by atoms with van der Waals surface area (Å²) in [5.41, 5.74) is 5.36. The van der Waals surface area contributed by atoms with Gasteiger partial charge < -0.3 is 24.5 Å². The average molecular weight is 526 g/mol. The van der Waals surface area contributed by atoms with Gasteiger partial charge in [-0.25, -0.2) is 4.39 Å². The first-order chi connectivity index (χ1) is 16.1. The second kappa shape index (κ2) is 8.47. The molecule has 0 aliphatic carbocycles. The highest BCUT2D eigenvalue weighted by Crippen LogP contribution is 3.02. The standard InChI is InChI=1S/C22H24F6N2O4S/c1-4-32-15-7-13(8-16(10-15)35(24,25,26,27)28)17(31)12-30-11-14-9-18(33-5-2)21(34-6-3)20(23)19(14)22(30)29/h7-11H,4-6,12,29H2,1-3H3. The molecular formula is C22H24F6N2O4S. The quantitative estimate of drug-likeness (QED) is 0.225. The van der Waals surface area contributed by atoms with E-state index in [1.165, 1.54) is 19.2 Å². The SMILES string of the molecule is CCOc1cc(C(=O)Cn2cc3cc(OCC)c(OCC)c(F)c3c2N)cc(S(F)(F)(F)(F)F)c1. The van der Waals surface area contributed by atoms with Crippen LogP contribution in [0, 0.1) is 5.82 Å². The van der Waals surface area contributed by atoms with Gasteiger partial charge in [-0.2, -0.15) is 0 Å². The number of carbonyl (C=O) groups excluding carboxylic acids is 1. The maximum atomic E-state index is 15.2. The van der Waals surface area contributed by atoms with Gasteiger partial charge in [-0.1, -0.05) is 19.4 Å². The molecule has 3 rings (SSSR count). The van der Waals surface area contributed by atoms with Crippen LogP contribution < -0.4 is 19.9 Å². The summed E-state index contributed by atoms with van der Waals surface area (Å²) in [6.07, 6.45) is 1.31. The number of aromatic nitrogens is 1. The number of nitrogen functional groups attached to an aromatic ring is 1. The van der Waals surface area contributed by atoms with Crippen molar-refractivity contribution in [3.63, 3.8) is 0 Å². The van der Waals surface area contributed by atoms with Crippen LogP contribution in [0.2, 0.25) is 0 Å². The summed E-state index contributed by atoms with van der Waals surface area (Å²) in [7, 11) is -10.1. The van der Waals surface area contributed by atoms with Crippen molar-refractivity contribution in [2.24, 2.45) is 0 Å². The van der Waals surface area contributed by atoms with Gasteiger partial charge in [0.15, 0.2) is 23.1 Å². The van der Waals surface area contributed by atoms with Crippen LogP contribution in [-0.4, -0.2) is 30.2 Å². The molecule has 0 unspecified atom stereocenters. The van der Waals surface area contributed by atoms with E-state index in [0.29, 0.717) is 0 Å². The third-order valence-corrected chi connectivity index (χ3v) is 6.07. The molecule has 0 saturated carbocycles. The fraction of sp³-hybridized carbons (Fsp3) is 0.318. The molecule has 6 nitrogen and oxygen atoms in total. The summed E-state index contributed by atoms with van der Waals surface area (Å²) in [6.45, 7) is 4.36. The van der Waals surface area contributed by atoms with Gasteiger partial charge in [0.1, 0.15) is 16.5 Å². The third-order valence-electron chi connectivity index (χ3n) is 4.94. The highest BCUT2D eigenvalue weighted by Gasteiger charge is 2.65. The molecule has 0 aliphatic rings. The smallest absolute Gasteiger partial charge is 0.310 e. The minimum Gasteiger partial charge on any atom is -0.494 e. The van der Waals surface area contributed by atoms with Gasteiger partial charge in [0.25, 0.3) is 0 Å². The van der Waals surface area contributed by atoms with Crippen molar-refractivity contribution in [2.75, 3.05) is 25.6 Å². The van der Waals surface area contributed by atoms with Gasteiger partial charge in [0.2, 0.25) is 0 Å². The monoisotopic (exact) mass is 526 g/mol. The number of nitrogens with two attached hydrogens (primary N) is 1. The molecule has 0 bridgehead atoms. The van der Waals surface area contributed by atoms with E-state index in [0.717, 1.165) is 10.6 Å². The average Bonchev–Trinajstić information content (AvgIpc) is 3.04. The van der Waals surface area contributed by atoms with Gasteiger partial charge in [0.05, 0.1) is 31.8 Å². The van der Waals surface area contributed by atoms with E-state index in [1.807, 2.05) is 0 Å². The lowest BCUT2D eigenvalue weighted by Gasteiger charge is -2.40. The molecule has 3 aromatic rings. The van der Waals surface area contributed by atoms with Crippen LogP contribution in [0.5, 0.6) is 17.2 Å². The molecule has 1 heterocycles. The molecule has 13 heteroatoms. The first-order valence-electron chi connectivity index (χ1n) is 10.5. The number of Topliss-reactive ketones (excluding diaryl/α,β-unsaturated/α-hetero) is 1. The van der Waals surface area contributed by atoms with Gasteiger partial charge in [-0.05, 0) is 39.0 Å². The summed E-state index contributed by atoms with van der Waals surface area (Å²) in [6, 6.07) is 2.61. The molecule has 0 atom stereocenters. The molecule has 2 N–H and O–H groups in total. The first-order valence-corrected chi connectivity index (χ1v) is 12.5. The number of fused-ring (bicyclic) bond motifs is 1. The summed E-state index contributed by atoms with van der Waals surface area (Å²) in [4.78, 5) is 10.6. The number of hydrogen-bond donors (Lipinski definition) is 1. The predicted molar refractivity (Wildman–Crippen MR) is 122 cm³/mol. The maximum Gasteiger partial charge on any atom is 0.310 e. The number of nitrogens with zero attached hydrogens (tertiary/aromatic N) is 1. The van der Waals surface area contributed by atoms with Gasteiger partial charge in [-0.15, -0.1) is 0 Å². The lowest BCUT2D eigenvalue weighted by molar-refractivity contribution is 0.0972. The molecular weight excluding hydrogens is 502 g/mol. The second-order valence-corrected chi connectivity index (χ2v) is 9.92. The molecule has 0 radical (unpaired) electrons. The molecule has 0 amide bonds. The number of halogens is 6. The van der Waals surface area contributed by atoms with Gasteiger partial charge in [0, 0.05) is 23.2 Å². The zero-order valence-corrected chi connectivity index (χ0v) is 19.9. The van der Waals surface area contributed by atoms with Crippen LogP contribution in [0.4, 0.5) is 29.6 Å². The van der Waals surface area contributed by atoms with E-state index >= 15 is 4.39 Å². The number of hydrogen-bond acceptors (Lipinski definition) is 5. The maximum absolute atomic E-state index is 15.2. The summed E-state index contributed by atoms with van der Waals surface area (Å²) < 4.78 is 99.1. The molecule has 0 saturated heterocycles. The Labute approximate surface area is 197 Å². The van der Waals surface area contributed by atoms with Crippen molar-refractivity contribution >= 4 is 32.6 Å². The number of anilines is 1.